The zero-order valence-electron chi connectivity index (χ0n) is 10.6. The summed E-state index contributed by atoms with van der Waals surface area (Å²) in [6.07, 6.45) is 0. The minimum Gasteiger partial charge on any atom is -0.335 e. The Kier molecular flexibility index (Phi) is 2.87. The number of hydrogen-bond donors (Lipinski definition) is 2. The summed E-state index contributed by atoms with van der Waals surface area (Å²) in [5.41, 5.74) is 2.28. The van der Waals surface area contributed by atoms with Crippen LogP contribution in [0.3, 0.4) is 0 Å². The average molecular weight is 277 g/mol. The fourth-order valence-corrected chi connectivity index (χ4v) is 1.97. The Morgan fingerprint density at radius 2 is 2.05 bits per heavy atom. The van der Waals surface area contributed by atoms with E-state index in [1.807, 2.05) is 38.1 Å². The molecule has 1 aliphatic rings. The minimum atomic E-state index is 0.167. The van der Waals surface area contributed by atoms with Gasteiger partial charge in [0.1, 0.15) is 0 Å². The molecule has 3 rings (SSSR count). The van der Waals surface area contributed by atoms with Gasteiger partial charge in [0.05, 0.1) is 17.4 Å². The molecular formula is C12H13ClN6. The molecule has 0 amide bonds. The number of halogens is 1. The predicted molar refractivity (Wildman–Crippen MR) is 75.3 cm³/mol. The second-order valence-corrected chi connectivity index (χ2v) is 4.70. The number of para-hydroxylation sites is 2. The van der Waals surface area contributed by atoms with E-state index in [2.05, 4.69) is 25.3 Å². The number of rotatable bonds is 1. The maximum absolute atomic E-state index is 5.75. The molecule has 0 saturated carbocycles. The lowest BCUT2D eigenvalue weighted by atomic mass is 10.3. The van der Waals surface area contributed by atoms with Crippen molar-refractivity contribution in [2.24, 2.45) is 4.99 Å². The first-order chi connectivity index (χ1) is 9.19. The molecule has 19 heavy (non-hydrogen) atoms. The summed E-state index contributed by atoms with van der Waals surface area (Å²) in [7, 11) is 0. The topological polar surface area (TPSA) is 67.1 Å². The Labute approximate surface area is 115 Å². The largest absolute Gasteiger partial charge is 0.335 e. The molecule has 2 N–H and O–H groups in total. The fraction of sp³-hybridized carbons (Fsp3) is 0.250. The quantitative estimate of drug-likeness (QED) is 0.786. The van der Waals surface area contributed by atoms with Crippen molar-refractivity contribution in [2.45, 2.75) is 19.9 Å². The van der Waals surface area contributed by atoms with Crippen LogP contribution in [0.4, 0.5) is 17.2 Å². The minimum absolute atomic E-state index is 0.167. The van der Waals surface area contributed by atoms with E-state index in [1.54, 1.807) is 4.80 Å². The molecule has 0 unspecified atom stereocenters. The van der Waals surface area contributed by atoms with E-state index in [4.69, 9.17) is 11.8 Å². The first-order valence-corrected chi connectivity index (χ1v) is 6.35. The van der Waals surface area contributed by atoms with Crippen LogP contribution in [0.25, 0.3) is 0 Å². The molecule has 2 aromatic rings. The predicted octanol–water partition coefficient (Wildman–Crippen LogP) is 2.74. The average Bonchev–Trinajstić information content (AvgIpc) is 2.76. The Bertz CT molecular complexity index is 645. The van der Waals surface area contributed by atoms with Crippen LogP contribution in [0.15, 0.2) is 29.3 Å². The van der Waals surface area contributed by atoms with Crippen LogP contribution in [0, 0.1) is 0 Å². The molecule has 1 aromatic heterocycles. The zero-order valence-corrected chi connectivity index (χ0v) is 11.3. The van der Waals surface area contributed by atoms with Gasteiger partial charge in [0.2, 0.25) is 0 Å². The van der Waals surface area contributed by atoms with Crippen molar-refractivity contribution in [1.82, 2.24) is 19.8 Å². The lowest BCUT2D eigenvalue weighted by Crippen LogP contribution is -2.16. The molecule has 98 valence electrons. The number of nitrogens with one attached hydrogen (secondary N) is 2. The highest BCUT2D eigenvalue weighted by molar-refractivity contribution is 6.26. The van der Waals surface area contributed by atoms with Gasteiger partial charge in [-0.2, -0.15) is 4.80 Å². The van der Waals surface area contributed by atoms with Crippen LogP contribution in [-0.2, 0) is 0 Å². The van der Waals surface area contributed by atoms with E-state index in [9.17, 15) is 0 Å². The summed E-state index contributed by atoms with van der Waals surface area (Å²) >= 11 is 5.75. The number of aromatic nitrogens is 3. The van der Waals surface area contributed by atoms with Crippen molar-refractivity contribution in [3.8, 4) is 0 Å². The zero-order chi connectivity index (χ0) is 13.4. The lowest BCUT2D eigenvalue weighted by molar-refractivity contribution is 0.467. The molecule has 1 aliphatic heterocycles. The van der Waals surface area contributed by atoms with Gasteiger partial charge in [0, 0.05) is 11.8 Å². The van der Waals surface area contributed by atoms with Crippen molar-refractivity contribution in [2.75, 3.05) is 5.32 Å². The fourth-order valence-electron chi connectivity index (χ4n) is 1.84. The number of benzene rings is 1. The van der Waals surface area contributed by atoms with Gasteiger partial charge in [-0.05, 0) is 26.0 Å². The molecule has 0 saturated heterocycles. The molecule has 1 aromatic carbocycles. The van der Waals surface area contributed by atoms with Crippen LogP contribution in [0.1, 0.15) is 25.6 Å². The van der Waals surface area contributed by atoms with E-state index >= 15 is 0 Å². The van der Waals surface area contributed by atoms with Gasteiger partial charge in [-0.1, -0.05) is 12.1 Å². The van der Waals surface area contributed by atoms with Gasteiger partial charge >= 0.3 is 0 Å². The van der Waals surface area contributed by atoms with Gasteiger partial charge in [-0.25, -0.2) is 4.99 Å². The molecule has 0 spiro atoms. The lowest BCUT2D eigenvalue weighted by Gasteiger charge is -2.05. The van der Waals surface area contributed by atoms with E-state index in [0.29, 0.717) is 17.3 Å². The van der Waals surface area contributed by atoms with E-state index < -0.39 is 0 Å². The molecule has 0 fully saturated rings. The smallest absolute Gasteiger partial charge is 0.184 e. The number of amidine groups is 1. The van der Waals surface area contributed by atoms with Crippen LogP contribution < -0.4 is 10.2 Å². The highest BCUT2D eigenvalue weighted by atomic mass is 35.5. The Morgan fingerprint density at radius 1 is 1.26 bits per heavy atom. The maximum Gasteiger partial charge on any atom is 0.184 e. The van der Waals surface area contributed by atoms with Crippen molar-refractivity contribution < 1.29 is 0 Å². The first kappa shape index (κ1) is 12.0. The van der Waals surface area contributed by atoms with Gasteiger partial charge in [-0.3, -0.25) is 4.84 Å². The Morgan fingerprint density at radius 3 is 2.79 bits per heavy atom. The first-order valence-electron chi connectivity index (χ1n) is 5.97. The van der Waals surface area contributed by atoms with E-state index in [0.717, 1.165) is 11.4 Å². The molecule has 0 atom stereocenters. The number of fused-ring (bicyclic) bond motifs is 2. The molecule has 0 aliphatic carbocycles. The monoisotopic (exact) mass is 276 g/mol. The van der Waals surface area contributed by atoms with E-state index in [-0.39, 0.29) is 6.04 Å². The van der Waals surface area contributed by atoms with Gasteiger partial charge < -0.3 is 5.32 Å². The third-order valence-electron chi connectivity index (χ3n) is 2.79. The SMILES string of the molecule is CC(C)n1nc2c(n1)C(NCl)=Nc1ccccc1N2. The third kappa shape index (κ3) is 2.04. The third-order valence-corrected chi connectivity index (χ3v) is 2.97. The second-order valence-electron chi connectivity index (χ2n) is 4.51. The van der Waals surface area contributed by atoms with Crippen LogP contribution in [0.5, 0.6) is 0 Å². The van der Waals surface area contributed by atoms with E-state index in [1.165, 1.54) is 0 Å². The van der Waals surface area contributed by atoms with Crippen molar-refractivity contribution in [3.05, 3.63) is 30.0 Å². The van der Waals surface area contributed by atoms with Crippen molar-refractivity contribution in [1.29, 1.82) is 0 Å². The summed E-state index contributed by atoms with van der Waals surface area (Å²) in [5, 5.41) is 12.1. The number of aliphatic imine (C=N–C) groups is 1. The van der Waals surface area contributed by atoms with Crippen LogP contribution in [-0.4, -0.2) is 20.8 Å². The summed E-state index contributed by atoms with van der Waals surface area (Å²) < 4.78 is 0. The summed E-state index contributed by atoms with van der Waals surface area (Å²) in [5.74, 6) is 1.13. The van der Waals surface area contributed by atoms with Crippen LogP contribution in [0.2, 0.25) is 0 Å². The summed E-state index contributed by atoms with van der Waals surface area (Å²) in [6, 6.07) is 7.86. The molecule has 6 nitrogen and oxygen atoms in total. The molecule has 7 heteroatoms. The molecule has 0 bridgehead atoms. The second kappa shape index (κ2) is 4.55. The number of anilines is 2. The highest BCUT2D eigenvalue weighted by Crippen LogP contribution is 2.32. The number of nitrogens with zero attached hydrogens (tertiary/aromatic N) is 4. The van der Waals surface area contributed by atoms with Gasteiger partial charge in [0.15, 0.2) is 17.3 Å². The molecule has 2 heterocycles. The van der Waals surface area contributed by atoms with Gasteiger partial charge in [0.25, 0.3) is 0 Å². The molecule has 0 radical (unpaired) electrons. The van der Waals surface area contributed by atoms with Crippen molar-refractivity contribution in [3.63, 3.8) is 0 Å². The van der Waals surface area contributed by atoms with Crippen LogP contribution >= 0.6 is 11.8 Å². The maximum atomic E-state index is 5.75. The Hall–Kier alpha value is -2.08. The van der Waals surface area contributed by atoms with Crippen molar-refractivity contribution >= 4 is 34.8 Å². The van der Waals surface area contributed by atoms with Gasteiger partial charge in [-0.15, -0.1) is 10.2 Å². The standard InChI is InChI=1S/C12H13ClN6/c1-7(2)19-17-10-11(16-13)14-8-5-3-4-6-9(8)15-12(10)18-19/h3-7H,1-2H3,(H,14,16)(H,15,18). The summed E-state index contributed by atoms with van der Waals surface area (Å²) in [6.45, 7) is 4.02. The molecular weight excluding hydrogens is 264 g/mol. The normalized spacial score (nSPS) is 13.2. The number of hydrogen-bond acceptors (Lipinski definition) is 5. The Balaban J connectivity index is 2.17. The highest BCUT2D eigenvalue weighted by Gasteiger charge is 2.22. The summed E-state index contributed by atoms with van der Waals surface area (Å²) in [4.78, 5) is 8.66.